The van der Waals surface area contributed by atoms with Gasteiger partial charge in [0.25, 0.3) is 0 Å². The van der Waals surface area contributed by atoms with Crippen LogP contribution in [0.4, 0.5) is 0 Å². The van der Waals surface area contributed by atoms with Crippen molar-refractivity contribution >= 4 is 17.7 Å². The summed E-state index contributed by atoms with van der Waals surface area (Å²) in [6, 6.07) is 22.1. The first-order valence-electron chi connectivity index (χ1n) is 8.55. The number of thioether (sulfide) groups is 1. The van der Waals surface area contributed by atoms with Gasteiger partial charge in [0, 0.05) is 12.1 Å². The second-order valence-electron chi connectivity index (χ2n) is 6.00. The molecule has 0 aliphatic carbocycles. The number of hydrogen-bond donors (Lipinski definition) is 1. The summed E-state index contributed by atoms with van der Waals surface area (Å²) in [7, 11) is 0. The van der Waals surface area contributed by atoms with Crippen LogP contribution in [0, 0.1) is 6.92 Å². The summed E-state index contributed by atoms with van der Waals surface area (Å²) in [5.41, 5.74) is 4.31. The molecule has 0 bridgehead atoms. The molecule has 4 nitrogen and oxygen atoms in total. The van der Waals surface area contributed by atoms with E-state index in [0.29, 0.717) is 12.3 Å². The number of carbonyl (C=O) groups excluding carboxylic acids is 1. The highest BCUT2D eigenvalue weighted by molar-refractivity contribution is 7.99. The van der Waals surface area contributed by atoms with Gasteiger partial charge in [-0.3, -0.25) is 4.79 Å². The number of rotatable bonds is 7. The van der Waals surface area contributed by atoms with Crippen LogP contribution >= 0.6 is 11.8 Å². The van der Waals surface area contributed by atoms with Crippen molar-refractivity contribution in [3.05, 3.63) is 77.9 Å². The van der Waals surface area contributed by atoms with Gasteiger partial charge in [0.1, 0.15) is 5.03 Å². The predicted molar refractivity (Wildman–Crippen MR) is 106 cm³/mol. The Bertz CT molecular complexity index is 833. The standard InChI is InChI=1S/C21H21N3OS/c1-16-7-9-18(10-8-16)19-11-12-21(24-23-19)26-15-20(25)22-14-13-17-5-3-2-4-6-17/h2-12H,13-15H2,1H3,(H,22,25). The highest BCUT2D eigenvalue weighted by atomic mass is 32.2. The Hall–Kier alpha value is -2.66. The van der Waals surface area contributed by atoms with Crippen molar-refractivity contribution in [2.75, 3.05) is 12.3 Å². The Morgan fingerprint density at radius 2 is 1.73 bits per heavy atom. The number of carbonyl (C=O) groups is 1. The molecule has 5 heteroatoms. The molecule has 1 amide bonds. The average molecular weight is 363 g/mol. The molecule has 1 N–H and O–H groups in total. The zero-order chi connectivity index (χ0) is 18.2. The third-order valence-corrected chi connectivity index (χ3v) is 4.84. The fourth-order valence-electron chi connectivity index (χ4n) is 2.46. The summed E-state index contributed by atoms with van der Waals surface area (Å²) in [6.45, 7) is 2.70. The van der Waals surface area contributed by atoms with Crippen molar-refractivity contribution in [2.24, 2.45) is 0 Å². The van der Waals surface area contributed by atoms with Crippen LogP contribution in [0.1, 0.15) is 11.1 Å². The molecule has 0 aliphatic heterocycles. The fourth-order valence-corrected chi connectivity index (χ4v) is 3.10. The van der Waals surface area contributed by atoms with Gasteiger partial charge >= 0.3 is 0 Å². The van der Waals surface area contributed by atoms with E-state index in [9.17, 15) is 4.79 Å². The van der Waals surface area contributed by atoms with E-state index in [1.807, 2.05) is 42.5 Å². The Labute approximate surface area is 158 Å². The van der Waals surface area contributed by atoms with Gasteiger partial charge in [0.15, 0.2) is 0 Å². The van der Waals surface area contributed by atoms with Crippen molar-refractivity contribution in [1.82, 2.24) is 15.5 Å². The lowest BCUT2D eigenvalue weighted by atomic mass is 10.1. The SMILES string of the molecule is Cc1ccc(-c2ccc(SCC(=O)NCCc3ccccc3)nn2)cc1. The molecule has 0 spiro atoms. The molecule has 1 heterocycles. The largest absolute Gasteiger partial charge is 0.355 e. The Morgan fingerprint density at radius 3 is 2.42 bits per heavy atom. The third kappa shape index (κ3) is 5.43. The van der Waals surface area contributed by atoms with Gasteiger partial charge in [-0.1, -0.05) is 71.9 Å². The minimum atomic E-state index is 0.00958. The summed E-state index contributed by atoms with van der Waals surface area (Å²) in [5, 5.41) is 12.2. The molecule has 0 aliphatic rings. The quantitative estimate of drug-likeness (QED) is 0.647. The molecule has 3 aromatic rings. The number of nitrogens with one attached hydrogen (secondary N) is 1. The number of nitrogens with zero attached hydrogens (tertiary/aromatic N) is 2. The number of aryl methyl sites for hydroxylation is 1. The molecule has 26 heavy (non-hydrogen) atoms. The van der Waals surface area contributed by atoms with Gasteiger partial charge in [0.2, 0.25) is 5.91 Å². The van der Waals surface area contributed by atoms with Crippen LogP contribution in [-0.4, -0.2) is 28.4 Å². The summed E-state index contributed by atoms with van der Waals surface area (Å²) in [4.78, 5) is 11.9. The Balaban J connectivity index is 1.44. The van der Waals surface area contributed by atoms with Crippen LogP contribution in [-0.2, 0) is 11.2 Å². The molecule has 0 unspecified atom stereocenters. The van der Waals surface area contributed by atoms with E-state index in [0.717, 1.165) is 22.7 Å². The van der Waals surface area contributed by atoms with E-state index < -0.39 is 0 Å². The lowest BCUT2D eigenvalue weighted by molar-refractivity contribution is -0.118. The van der Waals surface area contributed by atoms with Gasteiger partial charge in [0.05, 0.1) is 11.4 Å². The first-order chi connectivity index (χ1) is 12.7. The van der Waals surface area contributed by atoms with Gasteiger partial charge < -0.3 is 5.32 Å². The zero-order valence-electron chi connectivity index (χ0n) is 14.7. The van der Waals surface area contributed by atoms with Crippen LogP contribution in [0.2, 0.25) is 0 Å². The highest BCUT2D eigenvalue weighted by Crippen LogP contribution is 2.20. The number of hydrogen-bond acceptors (Lipinski definition) is 4. The molecule has 2 aromatic carbocycles. The van der Waals surface area contributed by atoms with E-state index in [1.54, 1.807) is 0 Å². The van der Waals surface area contributed by atoms with Crippen molar-refractivity contribution in [3.8, 4) is 11.3 Å². The summed E-state index contributed by atoms with van der Waals surface area (Å²) in [5.74, 6) is 0.350. The zero-order valence-corrected chi connectivity index (χ0v) is 15.5. The van der Waals surface area contributed by atoms with Crippen LogP contribution < -0.4 is 5.32 Å². The first kappa shape index (κ1) is 18.1. The molecule has 3 rings (SSSR count). The van der Waals surface area contributed by atoms with Gasteiger partial charge in [-0.05, 0) is 31.0 Å². The maximum Gasteiger partial charge on any atom is 0.230 e. The molecule has 0 saturated heterocycles. The third-order valence-electron chi connectivity index (χ3n) is 3.92. The topological polar surface area (TPSA) is 54.9 Å². The molecule has 1 aromatic heterocycles. The van der Waals surface area contributed by atoms with Gasteiger partial charge in [-0.25, -0.2) is 0 Å². The van der Waals surface area contributed by atoms with E-state index >= 15 is 0 Å². The minimum absolute atomic E-state index is 0.00958. The molecule has 0 fully saturated rings. The molecular formula is C21H21N3OS. The van der Waals surface area contributed by atoms with Gasteiger partial charge in [-0.2, -0.15) is 0 Å². The fraction of sp³-hybridized carbons (Fsp3) is 0.190. The molecule has 0 saturated carbocycles. The lowest BCUT2D eigenvalue weighted by Gasteiger charge is -2.05. The van der Waals surface area contributed by atoms with Crippen LogP contribution in [0.15, 0.2) is 71.8 Å². The highest BCUT2D eigenvalue weighted by Gasteiger charge is 2.05. The van der Waals surface area contributed by atoms with Crippen molar-refractivity contribution < 1.29 is 4.79 Å². The normalized spacial score (nSPS) is 10.5. The van der Waals surface area contributed by atoms with Gasteiger partial charge in [-0.15, -0.1) is 10.2 Å². The van der Waals surface area contributed by atoms with Crippen molar-refractivity contribution in [2.45, 2.75) is 18.4 Å². The number of amides is 1. The number of benzene rings is 2. The number of aromatic nitrogens is 2. The smallest absolute Gasteiger partial charge is 0.230 e. The second kappa shape index (κ2) is 9.15. The second-order valence-corrected chi connectivity index (χ2v) is 6.99. The van der Waals surface area contributed by atoms with Crippen molar-refractivity contribution in [3.63, 3.8) is 0 Å². The lowest BCUT2D eigenvalue weighted by Crippen LogP contribution is -2.27. The summed E-state index contributed by atoms with van der Waals surface area (Å²) < 4.78 is 0. The van der Waals surface area contributed by atoms with E-state index in [4.69, 9.17) is 0 Å². The molecular weight excluding hydrogens is 342 g/mol. The summed E-state index contributed by atoms with van der Waals surface area (Å²) in [6.07, 6.45) is 0.836. The van der Waals surface area contributed by atoms with E-state index in [2.05, 4.69) is 46.7 Å². The van der Waals surface area contributed by atoms with Crippen LogP contribution in [0.3, 0.4) is 0 Å². The maximum absolute atomic E-state index is 11.9. The monoisotopic (exact) mass is 363 g/mol. The first-order valence-corrected chi connectivity index (χ1v) is 9.53. The van der Waals surface area contributed by atoms with Crippen LogP contribution in [0.25, 0.3) is 11.3 Å². The molecule has 0 radical (unpaired) electrons. The molecule has 0 atom stereocenters. The Kier molecular flexibility index (Phi) is 6.39. The predicted octanol–water partition coefficient (Wildman–Crippen LogP) is 3.90. The minimum Gasteiger partial charge on any atom is -0.355 e. The summed E-state index contributed by atoms with van der Waals surface area (Å²) >= 11 is 1.40. The Morgan fingerprint density at radius 1 is 0.962 bits per heavy atom. The van der Waals surface area contributed by atoms with E-state index in [-0.39, 0.29) is 5.91 Å². The maximum atomic E-state index is 11.9. The van der Waals surface area contributed by atoms with Crippen LogP contribution in [0.5, 0.6) is 0 Å². The van der Waals surface area contributed by atoms with E-state index in [1.165, 1.54) is 22.9 Å². The molecule has 132 valence electrons. The average Bonchev–Trinajstić information content (AvgIpc) is 2.68. The van der Waals surface area contributed by atoms with Crippen molar-refractivity contribution in [1.29, 1.82) is 0 Å².